The van der Waals surface area contributed by atoms with E-state index >= 15 is 0 Å². The van der Waals surface area contributed by atoms with E-state index in [4.69, 9.17) is 11.6 Å². The standard InChI is InChI=1S/C23H18ClF3N4O3S/c24-16-9-10-18(35(33,34)30-12-11-14-5-2-1-3-6-14)19(23(25,26)27)21(16)31-17-8-4-7-15-20(17)28-13-29-22(15)32/h1-10,13,30-31H,11-12H2,(H,28,29,32). The van der Waals surface area contributed by atoms with Crippen LogP contribution in [-0.4, -0.2) is 24.9 Å². The Morgan fingerprint density at radius 2 is 1.74 bits per heavy atom. The molecule has 0 amide bonds. The van der Waals surface area contributed by atoms with E-state index in [1.807, 2.05) is 0 Å². The van der Waals surface area contributed by atoms with Crippen molar-refractivity contribution in [1.29, 1.82) is 0 Å². The first kappa shape index (κ1) is 24.7. The number of fused-ring (bicyclic) bond motifs is 1. The molecule has 35 heavy (non-hydrogen) atoms. The molecule has 0 aliphatic carbocycles. The molecule has 12 heteroatoms. The van der Waals surface area contributed by atoms with Crippen molar-refractivity contribution in [2.45, 2.75) is 17.5 Å². The Labute approximate surface area is 203 Å². The van der Waals surface area contributed by atoms with Gasteiger partial charge in [-0.2, -0.15) is 13.2 Å². The summed E-state index contributed by atoms with van der Waals surface area (Å²) in [5.41, 5.74) is -1.65. The molecule has 7 nitrogen and oxygen atoms in total. The maximum Gasteiger partial charge on any atom is 0.419 e. The van der Waals surface area contributed by atoms with Gasteiger partial charge in [0.05, 0.1) is 33.0 Å². The molecule has 0 spiro atoms. The van der Waals surface area contributed by atoms with Crippen molar-refractivity contribution >= 4 is 43.9 Å². The number of nitrogens with one attached hydrogen (secondary N) is 3. The molecule has 0 atom stereocenters. The lowest BCUT2D eigenvalue weighted by Gasteiger charge is -2.20. The van der Waals surface area contributed by atoms with Crippen molar-refractivity contribution in [2.75, 3.05) is 11.9 Å². The fourth-order valence-corrected chi connectivity index (χ4v) is 5.04. The third-order valence-electron chi connectivity index (χ3n) is 5.17. The van der Waals surface area contributed by atoms with Gasteiger partial charge in [-0.1, -0.05) is 48.0 Å². The van der Waals surface area contributed by atoms with E-state index in [0.717, 1.165) is 24.0 Å². The van der Waals surface area contributed by atoms with E-state index in [1.54, 1.807) is 30.3 Å². The molecule has 0 aliphatic heterocycles. The molecule has 3 aromatic carbocycles. The van der Waals surface area contributed by atoms with Crippen LogP contribution in [0, 0.1) is 0 Å². The van der Waals surface area contributed by atoms with E-state index in [9.17, 15) is 26.4 Å². The highest BCUT2D eigenvalue weighted by Crippen LogP contribution is 2.44. The summed E-state index contributed by atoms with van der Waals surface area (Å²) in [4.78, 5) is 17.5. The zero-order valence-corrected chi connectivity index (χ0v) is 19.4. The summed E-state index contributed by atoms with van der Waals surface area (Å²) in [6, 6.07) is 15.1. The van der Waals surface area contributed by atoms with Crippen molar-refractivity contribution in [3.05, 3.63) is 93.5 Å². The molecule has 0 fully saturated rings. The van der Waals surface area contributed by atoms with Crippen LogP contribution in [0.3, 0.4) is 0 Å². The summed E-state index contributed by atoms with van der Waals surface area (Å²) in [7, 11) is -4.56. The van der Waals surface area contributed by atoms with Crippen LogP contribution in [-0.2, 0) is 22.6 Å². The molecular weight excluding hydrogens is 505 g/mol. The third kappa shape index (κ3) is 5.31. The van der Waals surface area contributed by atoms with Crippen molar-refractivity contribution < 1.29 is 21.6 Å². The van der Waals surface area contributed by atoms with Crippen LogP contribution < -0.4 is 15.6 Å². The number of hydrogen-bond acceptors (Lipinski definition) is 5. The van der Waals surface area contributed by atoms with E-state index in [1.165, 1.54) is 18.2 Å². The maximum absolute atomic E-state index is 14.2. The molecule has 0 unspecified atom stereocenters. The number of hydrogen-bond donors (Lipinski definition) is 3. The predicted molar refractivity (Wildman–Crippen MR) is 127 cm³/mol. The maximum atomic E-state index is 14.2. The van der Waals surface area contributed by atoms with Crippen LogP contribution in [0.15, 0.2) is 76.7 Å². The predicted octanol–water partition coefficient (Wildman–Crippen LogP) is 4.86. The molecule has 0 radical (unpaired) electrons. The average molecular weight is 523 g/mol. The quantitative estimate of drug-likeness (QED) is 0.321. The second-order valence-electron chi connectivity index (χ2n) is 7.49. The number of halogens is 4. The molecule has 182 valence electrons. The fraction of sp³-hybridized carbons (Fsp3) is 0.130. The summed E-state index contributed by atoms with van der Waals surface area (Å²) >= 11 is 6.11. The van der Waals surface area contributed by atoms with Gasteiger partial charge in [0.1, 0.15) is 11.1 Å². The molecule has 4 aromatic rings. The van der Waals surface area contributed by atoms with Crippen LogP contribution in [0.5, 0.6) is 0 Å². The number of anilines is 2. The number of aromatic nitrogens is 2. The molecule has 0 bridgehead atoms. The Morgan fingerprint density at radius 1 is 1.00 bits per heavy atom. The van der Waals surface area contributed by atoms with Crippen LogP contribution in [0.2, 0.25) is 5.02 Å². The van der Waals surface area contributed by atoms with Crippen molar-refractivity contribution in [2.24, 2.45) is 0 Å². The first-order chi connectivity index (χ1) is 16.6. The minimum atomic E-state index is -5.08. The number of sulfonamides is 1. The molecular formula is C23H18ClF3N4O3S. The van der Waals surface area contributed by atoms with Gasteiger partial charge in [0.15, 0.2) is 0 Å². The van der Waals surface area contributed by atoms with Gasteiger partial charge in [-0.25, -0.2) is 18.1 Å². The third-order valence-corrected chi connectivity index (χ3v) is 6.99. The molecule has 3 N–H and O–H groups in total. The highest BCUT2D eigenvalue weighted by Gasteiger charge is 2.41. The van der Waals surface area contributed by atoms with Gasteiger partial charge in [-0.15, -0.1) is 0 Å². The number of nitrogens with zero attached hydrogens (tertiary/aromatic N) is 1. The minimum absolute atomic E-state index is 0.0487. The summed E-state index contributed by atoms with van der Waals surface area (Å²) in [6.07, 6.45) is -3.68. The monoisotopic (exact) mass is 522 g/mol. The largest absolute Gasteiger partial charge is 0.419 e. The number of H-pyrrole nitrogens is 1. The van der Waals surface area contributed by atoms with Gasteiger partial charge >= 0.3 is 6.18 Å². The van der Waals surface area contributed by atoms with Gasteiger partial charge < -0.3 is 10.3 Å². The molecule has 0 saturated carbocycles. The molecule has 1 aromatic heterocycles. The molecule has 0 saturated heterocycles. The lowest BCUT2D eigenvalue weighted by Crippen LogP contribution is -2.28. The van der Waals surface area contributed by atoms with E-state index in [-0.39, 0.29) is 34.6 Å². The van der Waals surface area contributed by atoms with Crippen molar-refractivity contribution in [1.82, 2.24) is 14.7 Å². The highest BCUT2D eigenvalue weighted by atomic mass is 35.5. The van der Waals surface area contributed by atoms with E-state index < -0.39 is 37.9 Å². The summed E-state index contributed by atoms with van der Waals surface area (Å²) in [5, 5.41) is 2.33. The second-order valence-corrected chi connectivity index (χ2v) is 9.63. The summed E-state index contributed by atoms with van der Waals surface area (Å²) < 4.78 is 70.8. The highest BCUT2D eigenvalue weighted by molar-refractivity contribution is 7.89. The second kappa shape index (κ2) is 9.68. The van der Waals surface area contributed by atoms with Crippen LogP contribution in [0.25, 0.3) is 10.9 Å². The first-order valence-electron chi connectivity index (χ1n) is 10.2. The number of para-hydroxylation sites is 1. The lowest BCUT2D eigenvalue weighted by atomic mass is 10.1. The van der Waals surface area contributed by atoms with Crippen molar-refractivity contribution in [3.63, 3.8) is 0 Å². The van der Waals surface area contributed by atoms with Gasteiger partial charge in [0.25, 0.3) is 5.56 Å². The summed E-state index contributed by atoms with van der Waals surface area (Å²) in [5.74, 6) is 0. The van der Waals surface area contributed by atoms with Gasteiger partial charge in [0.2, 0.25) is 10.0 Å². The number of benzene rings is 3. The zero-order valence-electron chi connectivity index (χ0n) is 17.9. The summed E-state index contributed by atoms with van der Waals surface area (Å²) in [6.45, 7) is -0.106. The minimum Gasteiger partial charge on any atom is -0.352 e. The Hall–Kier alpha value is -3.41. The fourth-order valence-electron chi connectivity index (χ4n) is 3.57. The molecule has 4 rings (SSSR count). The number of alkyl halides is 3. The smallest absolute Gasteiger partial charge is 0.352 e. The Bertz CT molecular complexity index is 1540. The van der Waals surface area contributed by atoms with Crippen molar-refractivity contribution in [3.8, 4) is 0 Å². The van der Waals surface area contributed by atoms with E-state index in [2.05, 4.69) is 20.0 Å². The number of aromatic amines is 1. The normalized spacial score (nSPS) is 12.1. The van der Waals surface area contributed by atoms with Crippen LogP contribution in [0.1, 0.15) is 11.1 Å². The molecule has 1 heterocycles. The van der Waals surface area contributed by atoms with Crippen LogP contribution in [0.4, 0.5) is 24.5 Å². The topological polar surface area (TPSA) is 104 Å². The van der Waals surface area contributed by atoms with Crippen LogP contribution >= 0.6 is 11.6 Å². The first-order valence-corrected chi connectivity index (χ1v) is 12.1. The molecule has 0 aliphatic rings. The lowest BCUT2D eigenvalue weighted by molar-refractivity contribution is -0.139. The van der Waals surface area contributed by atoms with Gasteiger partial charge in [-0.3, -0.25) is 4.79 Å². The SMILES string of the molecule is O=c1[nH]cnc2c(Nc3c(Cl)ccc(S(=O)(=O)NCCc4ccccc4)c3C(F)(F)F)cccc12. The Balaban J connectivity index is 1.76. The van der Waals surface area contributed by atoms with Gasteiger partial charge in [0, 0.05) is 6.54 Å². The number of rotatable bonds is 7. The Morgan fingerprint density at radius 3 is 2.46 bits per heavy atom. The van der Waals surface area contributed by atoms with Gasteiger partial charge in [-0.05, 0) is 36.2 Å². The van der Waals surface area contributed by atoms with E-state index in [0.29, 0.717) is 0 Å². The zero-order chi connectivity index (χ0) is 25.2. The average Bonchev–Trinajstić information content (AvgIpc) is 2.80. The Kier molecular flexibility index (Phi) is 6.84.